The third kappa shape index (κ3) is 3.67. The van der Waals surface area contributed by atoms with Gasteiger partial charge in [-0.25, -0.2) is 9.67 Å². The van der Waals surface area contributed by atoms with Crippen molar-refractivity contribution in [2.24, 2.45) is 0 Å². The fourth-order valence-electron chi connectivity index (χ4n) is 3.40. The second-order valence-electron chi connectivity index (χ2n) is 7.59. The summed E-state index contributed by atoms with van der Waals surface area (Å²) in [6, 6.07) is 5.84. The first kappa shape index (κ1) is 18.7. The van der Waals surface area contributed by atoms with Gasteiger partial charge in [-0.05, 0) is 44.9 Å². The Kier molecular flexibility index (Phi) is 5.17. The van der Waals surface area contributed by atoms with E-state index in [1.165, 1.54) is 0 Å². The van der Waals surface area contributed by atoms with Crippen molar-refractivity contribution >= 4 is 16.9 Å². The zero-order valence-corrected chi connectivity index (χ0v) is 16.6. The van der Waals surface area contributed by atoms with Gasteiger partial charge in [0.1, 0.15) is 5.76 Å². The summed E-state index contributed by atoms with van der Waals surface area (Å²) >= 11 is 0. The van der Waals surface area contributed by atoms with Crippen LogP contribution in [0.5, 0.6) is 0 Å². The summed E-state index contributed by atoms with van der Waals surface area (Å²) in [6.07, 6.45) is 5.63. The maximum atomic E-state index is 13.5. The maximum Gasteiger partial charge on any atom is 0.255 e. The number of carbonyl (C=O) groups excluding carboxylic acids is 1. The van der Waals surface area contributed by atoms with Crippen LogP contribution >= 0.6 is 0 Å². The van der Waals surface area contributed by atoms with Crippen LogP contribution < -0.4 is 0 Å². The van der Waals surface area contributed by atoms with Crippen molar-refractivity contribution in [3.8, 4) is 0 Å². The molecule has 3 aromatic rings. The standard InChI is InChI=1S/C21H26N4O3/c1-14(2)25-20-18(12-22-25)17(11-19(23-20)15-6-7-15)21(26)24(8-10-27-3)13-16-5-4-9-28-16/h4-5,9,11-12,14-15H,6-8,10,13H2,1-3H3. The summed E-state index contributed by atoms with van der Waals surface area (Å²) < 4.78 is 12.6. The molecular formula is C21H26N4O3. The first-order valence-corrected chi connectivity index (χ1v) is 9.77. The van der Waals surface area contributed by atoms with E-state index < -0.39 is 0 Å². The molecule has 0 aromatic carbocycles. The Bertz CT molecular complexity index is 958. The molecule has 4 rings (SSSR count). The molecule has 7 nitrogen and oxygen atoms in total. The first-order valence-electron chi connectivity index (χ1n) is 9.77. The Morgan fingerprint density at radius 2 is 2.25 bits per heavy atom. The Morgan fingerprint density at radius 1 is 1.43 bits per heavy atom. The summed E-state index contributed by atoms with van der Waals surface area (Å²) in [5.41, 5.74) is 2.43. The van der Waals surface area contributed by atoms with Gasteiger partial charge < -0.3 is 14.1 Å². The van der Waals surface area contributed by atoms with Crippen molar-refractivity contribution in [3.05, 3.63) is 47.7 Å². The zero-order valence-electron chi connectivity index (χ0n) is 16.6. The molecule has 1 fully saturated rings. The lowest BCUT2D eigenvalue weighted by Gasteiger charge is -2.22. The summed E-state index contributed by atoms with van der Waals surface area (Å²) in [4.78, 5) is 20.1. The predicted molar refractivity (Wildman–Crippen MR) is 105 cm³/mol. The number of methoxy groups -OCH3 is 1. The highest BCUT2D eigenvalue weighted by molar-refractivity contribution is 6.05. The Morgan fingerprint density at radius 3 is 2.89 bits per heavy atom. The summed E-state index contributed by atoms with van der Waals surface area (Å²) in [6.45, 7) is 5.48. The second-order valence-corrected chi connectivity index (χ2v) is 7.59. The molecule has 28 heavy (non-hydrogen) atoms. The number of ether oxygens (including phenoxy) is 1. The minimum atomic E-state index is -0.0499. The van der Waals surface area contributed by atoms with E-state index in [0.29, 0.717) is 31.2 Å². The normalized spacial score (nSPS) is 14.1. The molecule has 7 heteroatoms. The van der Waals surface area contributed by atoms with Gasteiger partial charge in [-0.2, -0.15) is 5.10 Å². The van der Waals surface area contributed by atoms with Gasteiger partial charge in [0, 0.05) is 31.3 Å². The number of rotatable bonds is 8. The smallest absolute Gasteiger partial charge is 0.255 e. The fourth-order valence-corrected chi connectivity index (χ4v) is 3.40. The number of nitrogens with zero attached hydrogens (tertiary/aromatic N) is 4. The third-order valence-electron chi connectivity index (χ3n) is 5.08. The first-order chi connectivity index (χ1) is 13.6. The molecule has 0 spiro atoms. The van der Waals surface area contributed by atoms with Gasteiger partial charge in [0.05, 0.1) is 36.6 Å². The number of pyridine rings is 1. The molecule has 0 atom stereocenters. The number of amides is 1. The molecule has 3 heterocycles. The molecule has 1 aliphatic carbocycles. The number of carbonyl (C=O) groups is 1. The van der Waals surface area contributed by atoms with E-state index in [2.05, 4.69) is 18.9 Å². The second kappa shape index (κ2) is 7.75. The average Bonchev–Trinajstić information content (AvgIpc) is 3.24. The lowest BCUT2D eigenvalue weighted by atomic mass is 10.1. The molecule has 0 radical (unpaired) electrons. The highest BCUT2D eigenvalue weighted by Gasteiger charge is 2.29. The van der Waals surface area contributed by atoms with Crippen molar-refractivity contribution in [2.45, 2.75) is 45.2 Å². The van der Waals surface area contributed by atoms with E-state index in [0.717, 1.165) is 35.3 Å². The topological polar surface area (TPSA) is 73.4 Å². The fraction of sp³-hybridized carbons (Fsp3) is 0.476. The SMILES string of the molecule is COCCN(Cc1ccco1)C(=O)c1cc(C2CC2)nc2c1cnn2C(C)C. The molecule has 0 N–H and O–H groups in total. The maximum absolute atomic E-state index is 13.5. The molecule has 1 aliphatic rings. The monoisotopic (exact) mass is 382 g/mol. The lowest BCUT2D eigenvalue weighted by Crippen LogP contribution is -2.33. The van der Waals surface area contributed by atoms with Crippen LogP contribution in [0.1, 0.15) is 60.5 Å². The highest BCUT2D eigenvalue weighted by Crippen LogP contribution is 2.40. The van der Waals surface area contributed by atoms with Crippen LogP contribution in [0.3, 0.4) is 0 Å². The van der Waals surface area contributed by atoms with Crippen molar-refractivity contribution in [1.82, 2.24) is 19.7 Å². The van der Waals surface area contributed by atoms with E-state index in [1.54, 1.807) is 24.5 Å². The number of hydrogen-bond donors (Lipinski definition) is 0. The van der Waals surface area contributed by atoms with Crippen molar-refractivity contribution < 1.29 is 13.9 Å². The minimum Gasteiger partial charge on any atom is -0.467 e. The summed E-state index contributed by atoms with van der Waals surface area (Å²) in [5, 5.41) is 5.29. The third-order valence-corrected chi connectivity index (χ3v) is 5.08. The molecular weight excluding hydrogens is 356 g/mol. The molecule has 0 unspecified atom stereocenters. The van der Waals surface area contributed by atoms with Crippen LogP contribution in [0.25, 0.3) is 11.0 Å². The lowest BCUT2D eigenvalue weighted by molar-refractivity contribution is 0.0668. The summed E-state index contributed by atoms with van der Waals surface area (Å²) in [7, 11) is 1.64. The molecule has 148 valence electrons. The number of hydrogen-bond acceptors (Lipinski definition) is 5. The van der Waals surface area contributed by atoms with E-state index >= 15 is 0 Å². The Hall–Kier alpha value is -2.67. The molecule has 0 saturated heterocycles. The Labute approximate surface area is 164 Å². The van der Waals surface area contributed by atoms with E-state index in [1.807, 2.05) is 22.9 Å². The molecule has 0 aliphatic heterocycles. The number of aromatic nitrogens is 3. The van der Waals surface area contributed by atoms with Gasteiger partial charge in [0.2, 0.25) is 0 Å². The molecule has 3 aromatic heterocycles. The number of furan rings is 1. The van der Waals surface area contributed by atoms with Gasteiger partial charge in [-0.3, -0.25) is 4.79 Å². The molecule has 1 saturated carbocycles. The van der Waals surface area contributed by atoms with Crippen LogP contribution in [0.4, 0.5) is 0 Å². The number of fused-ring (bicyclic) bond motifs is 1. The van der Waals surface area contributed by atoms with Gasteiger partial charge in [-0.1, -0.05) is 0 Å². The van der Waals surface area contributed by atoms with Crippen LogP contribution in [-0.4, -0.2) is 45.8 Å². The average molecular weight is 382 g/mol. The van der Waals surface area contributed by atoms with E-state index in [-0.39, 0.29) is 11.9 Å². The Balaban J connectivity index is 1.75. The van der Waals surface area contributed by atoms with Crippen LogP contribution in [0.2, 0.25) is 0 Å². The van der Waals surface area contributed by atoms with Gasteiger partial charge in [0.15, 0.2) is 5.65 Å². The van der Waals surface area contributed by atoms with Crippen LogP contribution in [0.15, 0.2) is 35.1 Å². The van der Waals surface area contributed by atoms with Crippen molar-refractivity contribution in [3.63, 3.8) is 0 Å². The molecule has 1 amide bonds. The van der Waals surface area contributed by atoms with Crippen molar-refractivity contribution in [1.29, 1.82) is 0 Å². The van der Waals surface area contributed by atoms with E-state index in [9.17, 15) is 4.79 Å². The van der Waals surface area contributed by atoms with Gasteiger partial charge >= 0.3 is 0 Å². The predicted octanol–water partition coefficient (Wildman–Crippen LogP) is 3.77. The largest absolute Gasteiger partial charge is 0.467 e. The highest BCUT2D eigenvalue weighted by atomic mass is 16.5. The summed E-state index contributed by atoms with van der Waals surface area (Å²) in [5.74, 6) is 1.14. The van der Waals surface area contributed by atoms with Crippen molar-refractivity contribution in [2.75, 3.05) is 20.3 Å². The van der Waals surface area contributed by atoms with Crippen LogP contribution in [-0.2, 0) is 11.3 Å². The minimum absolute atomic E-state index is 0.0499. The molecule has 0 bridgehead atoms. The van der Waals surface area contributed by atoms with Crippen LogP contribution in [0, 0.1) is 0 Å². The van der Waals surface area contributed by atoms with Gasteiger partial charge in [0.25, 0.3) is 5.91 Å². The van der Waals surface area contributed by atoms with Gasteiger partial charge in [-0.15, -0.1) is 0 Å². The van der Waals surface area contributed by atoms with E-state index in [4.69, 9.17) is 14.1 Å². The zero-order chi connectivity index (χ0) is 19.7. The quantitative estimate of drug-likeness (QED) is 0.593.